The van der Waals surface area contributed by atoms with E-state index in [2.05, 4.69) is 41.6 Å². The average molecular weight is 286 g/mol. The number of benzene rings is 1. The number of rotatable bonds is 4. The molecule has 0 spiro atoms. The fourth-order valence-corrected chi connectivity index (χ4v) is 2.88. The van der Waals surface area contributed by atoms with Crippen LogP contribution < -0.4 is 11.3 Å². The highest BCUT2D eigenvalue weighted by atomic mass is 32.2. The Morgan fingerprint density at radius 3 is 2.45 bits per heavy atom. The number of anilines is 1. The second kappa shape index (κ2) is 5.42. The van der Waals surface area contributed by atoms with Gasteiger partial charge in [-0.1, -0.05) is 29.5 Å². The molecule has 20 heavy (non-hydrogen) atoms. The molecule has 0 unspecified atom stereocenters. The van der Waals surface area contributed by atoms with Crippen molar-refractivity contribution in [2.24, 2.45) is 5.84 Å². The Bertz CT molecular complexity index is 621. The molecule has 1 aromatic heterocycles. The van der Waals surface area contributed by atoms with E-state index in [1.807, 2.05) is 6.92 Å². The van der Waals surface area contributed by atoms with Gasteiger partial charge >= 0.3 is 0 Å². The van der Waals surface area contributed by atoms with Crippen molar-refractivity contribution >= 4 is 17.6 Å². The Morgan fingerprint density at radius 1 is 1.15 bits per heavy atom. The molecule has 2 aromatic rings. The number of hydrogen-bond donors (Lipinski definition) is 2. The molecule has 1 saturated carbocycles. The number of nitrogens with one attached hydrogen (secondary N) is 1. The molecule has 0 bridgehead atoms. The number of hydrazine groups is 1. The van der Waals surface area contributed by atoms with Gasteiger partial charge in [0.15, 0.2) is 0 Å². The summed E-state index contributed by atoms with van der Waals surface area (Å²) >= 11 is 1.67. The van der Waals surface area contributed by atoms with Crippen molar-refractivity contribution < 1.29 is 0 Å². The molecule has 3 rings (SSSR count). The van der Waals surface area contributed by atoms with Gasteiger partial charge < -0.3 is 5.43 Å². The molecule has 0 saturated heterocycles. The summed E-state index contributed by atoms with van der Waals surface area (Å²) in [6.07, 6.45) is 2.36. The van der Waals surface area contributed by atoms with E-state index in [0.29, 0.717) is 5.92 Å². The van der Waals surface area contributed by atoms with Gasteiger partial charge in [0, 0.05) is 16.4 Å². The minimum absolute atomic E-state index is 0.514. The first-order chi connectivity index (χ1) is 9.67. The van der Waals surface area contributed by atoms with E-state index in [0.717, 1.165) is 22.2 Å². The normalized spacial score (nSPS) is 14.3. The predicted molar refractivity (Wildman–Crippen MR) is 81.9 cm³/mol. The molecule has 1 aliphatic carbocycles. The maximum atomic E-state index is 5.57. The molecule has 0 radical (unpaired) electrons. The number of nitrogens with two attached hydrogens (primary N) is 1. The zero-order chi connectivity index (χ0) is 14.1. The molecule has 1 fully saturated rings. The lowest BCUT2D eigenvalue weighted by Gasteiger charge is -2.11. The first kappa shape index (κ1) is 13.4. The van der Waals surface area contributed by atoms with Crippen LogP contribution in [0.15, 0.2) is 34.2 Å². The highest BCUT2D eigenvalue weighted by Gasteiger charge is 2.28. The van der Waals surface area contributed by atoms with E-state index in [-0.39, 0.29) is 0 Å². The first-order valence-electron chi connectivity index (χ1n) is 6.77. The summed E-state index contributed by atoms with van der Waals surface area (Å²) in [7, 11) is 0. The first-order valence-corrected chi connectivity index (χ1v) is 7.58. The monoisotopic (exact) mass is 286 g/mol. The van der Waals surface area contributed by atoms with Gasteiger partial charge in [0.05, 0.1) is 0 Å². The van der Waals surface area contributed by atoms with Crippen molar-refractivity contribution in [2.75, 3.05) is 5.43 Å². The Kier molecular flexibility index (Phi) is 3.63. The van der Waals surface area contributed by atoms with Crippen molar-refractivity contribution in [1.29, 1.82) is 0 Å². The van der Waals surface area contributed by atoms with Gasteiger partial charge in [-0.05, 0) is 38.8 Å². The number of nitrogen functional groups attached to an aromatic ring is 1. The van der Waals surface area contributed by atoms with Crippen molar-refractivity contribution in [3.8, 4) is 0 Å². The molecular formula is C15H18N4S. The van der Waals surface area contributed by atoms with E-state index >= 15 is 0 Å². The molecular weight excluding hydrogens is 268 g/mol. The zero-order valence-electron chi connectivity index (χ0n) is 11.7. The van der Waals surface area contributed by atoms with Gasteiger partial charge in [-0.3, -0.25) is 0 Å². The van der Waals surface area contributed by atoms with Crippen LogP contribution in [0.3, 0.4) is 0 Å². The Balaban J connectivity index is 1.94. The number of hydrogen-bond acceptors (Lipinski definition) is 5. The van der Waals surface area contributed by atoms with Gasteiger partial charge in [-0.15, -0.1) is 0 Å². The Labute approximate surface area is 123 Å². The van der Waals surface area contributed by atoms with E-state index in [1.54, 1.807) is 11.8 Å². The van der Waals surface area contributed by atoms with E-state index in [1.165, 1.54) is 23.3 Å². The zero-order valence-corrected chi connectivity index (χ0v) is 12.5. The third-order valence-corrected chi connectivity index (χ3v) is 4.53. The fraction of sp³-hybridized carbons (Fsp3) is 0.333. The molecule has 1 aromatic carbocycles. The van der Waals surface area contributed by atoms with E-state index < -0.39 is 0 Å². The molecule has 0 atom stereocenters. The molecule has 0 aliphatic heterocycles. The second-order valence-corrected chi connectivity index (χ2v) is 6.26. The summed E-state index contributed by atoms with van der Waals surface area (Å²) < 4.78 is 0. The third-order valence-electron chi connectivity index (χ3n) is 3.43. The van der Waals surface area contributed by atoms with Crippen LogP contribution >= 0.6 is 11.8 Å². The molecule has 1 heterocycles. The summed E-state index contributed by atoms with van der Waals surface area (Å²) in [4.78, 5) is 10.4. The van der Waals surface area contributed by atoms with Crippen molar-refractivity contribution in [3.63, 3.8) is 0 Å². The summed E-state index contributed by atoms with van der Waals surface area (Å²) in [5.41, 5.74) is 4.95. The number of aryl methyl sites for hydroxylation is 1. The van der Waals surface area contributed by atoms with Crippen LogP contribution in [0, 0.1) is 13.8 Å². The molecule has 3 N–H and O–H groups in total. The molecule has 1 aliphatic rings. The summed E-state index contributed by atoms with van der Waals surface area (Å²) in [6.45, 7) is 4.09. The lowest BCUT2D eigenvalue weighted by Crippen LogP contribution is -2.13. The van der Waals surface area contributed by atoms with E-state index in [9.17, 15) is 0 Å². The predicted octanol–water partition coefficient (Wildman–Crippen LogP) is 3.41. The minimum Gasteiger partial charge on any atom is -0.308 e. The maximum Gasteiger partial charge on any atom is 0.147 e. The summed E-state index contributed by atoms with van der Waals surface area (Å²) in [6, 6.07) is 8.47. The van der Waals surface area contributed by atoms with Crippen molar-refractivity contribution in [2.45, 2.75) is 42.5 Å². The summed E-state index contributed by atoms with van der Waals surface area (Å²) in [5, 5.41) is 0.985. The Morgan fingerprint density at radius 2 is 1.85 bits per heavy atom. The molecule has 4 nitrogen and oxygen atoms in total. The largest absolute Gasteiger partial charge is 0.308 e. The number of nitrogens with zero attached hydrogens (tertiary/aromatic N) is 2. The van der Waals surface area contributed by atoms with Crippen LogP contribution in [0.5, 0.6) is 0 Å². The SMILES string of the molecule is Cc1ccc(Sc2nc(C3CC3)nc(NN)c2C)cc1. The van der Waals surface area contributed by atoms with Gasteiger partial charge in [0.1, 0.15) is 16.7 Å². The molecule has 5 heteroatoms. The lowest BCUT2D eigenvalue weighted by molar-refractivity contribution is 0.862. The van der Waals surface area contributed by atoms with Crippen LogP contribution in [-0.2, 0) is 0 Å². The lowest BCUT2D eigenvalue weighted by atomic mass is 10.2. The van der Waals surface area contributed by atoms with Gasteiger partial charge in [-0.2, -0.15) is 0 Å². The van der Waals surface area contributed by atoms with Gasteiger partial charge in [0.2, 0.25) is 0 Å². The summed E-state index contributed by atoms with van der Waals surface area (Å²) in [5.74, 6) is 7.73. The third kappa shape index (κ3) is 2.78. The minimum atomic E-state index is 0.514. The van der Waals surface area contributed by atoms with Crippen LogP contribution in [0.4, 0.5) is 5.82 Å². The average Bonchev–Trinajstić information content (AvgIpc) is 3.28. The van der Waals surface area contributed by atoms with Crippen molar-refractivity contribution in [3.05, 3.63) is 41.2 Å². The Hall–Kier alpha value is -1.59. The van der Waals surface area contributed by atoms with Gasteiger partial charge in [0.25, 0.3) is 0 Å². The van der Waals surface area contributed by atoms with Crippen LogP contribution in [0.1, 0.15) is 35.7 Å². The molecule has 0 amide bonds. The fourth-order valence-electron chi connectivity index (χ4n) is 1.99. The van der Waals surface area contributed by atoms with Crippen molar-refractivity contribution in [1.82, 2.24) is 9.97 Å². The quantitative estimate of drug-likeness (QED) is 0.512. The highest BCUT2D eigenvalue weighted by molar-refractivity contribution is 7.99. The second-order valence-electron chi connectivity index (χ2n) is 5.19. The van der Waals surface area contributed by atoms with Crippen LogP contribution in [0.2, 0.25) is 0 Å². The van der Waals surface area contributed by atoms with E-state index in [4.69, 9.17) is 10.8 Å². The number of aromatic nitrogens is 2. The smallest absolute Gasteiger partial charge is 0.147 e. The highest BCUT2D eigenvalue weighted by Crippen LogP contribution is 2.40. The molecule has 104 valence electrons. The maximum absolute atomic E-state index is 5.57. The standard InChI is InChI=1S/C15H18N4S/c1-9-3-7-12(8-4-9)20-15-10(2)13(19-16)17-14(18-15)11-5-6-11/h3-4,7-8,11H,5-6,16H2,1-2H3,(H,17,18,19). The van der Waals surface area contributed by atoms with Crippen LogP contribution in [-0.4, -0.2) is 9.97 Å². The van der Waals surface area contributed by atoms with Crippen LogP contribution in [0.25, 0.3) is 0 Å². The van der Waals surface area contributed by atoms with Gasteiger partial charge in [-0.25, -0.2) is 15.8 Å². The topological polar surface area (TPSA) is 63.8 Å².